The van der Waals surface area contributed by atoms with Gasteiger partial charge < -0.3 is 5.73 Å². The fourth-order valence-electron chi connectivity index (χ4n) is 2.81. The van der Waals surface area contributed by atoms with E-state index in [1.54, 1.807) is 11.3 Å². The van der Waals surface area contributed by atoms with E-state index in [0.717, 1.165) is 23.1 Å². The molecule has 0 bridgehead atoms. The Morgan fingerprint density at radius 2 is 2.29 bits per heavy atom. The third-order valence-electron chi connectivity index (χ3n) is 3.69. The average Bonchev–Trinajstić information content (AvgIpc) is 2.78. The number of rotatable bonds is 3. The Kier molecular flexibility index (Phi) is 4.46. The van der Waals surface area contributed by atoms with Crippen LogP contribution in [0, 0.1) is 5.41 Å². The monoisotopic (exact) mass is 382 g/mol. The predicted molar refractivity (Wildman–Crippen MR) is 94.8 cm³/mol. The van der Waals surface area contributed by atoms with E-state index in [9.17, 15) is 0 Å². The zero-order valence-corrected chi connectivity index (χ0v) is 15.4. The number of aromatic nitrogens is 1. The van der Waals surface area contributed by atoms with Crippen LogP contribution in [0.15, 0.2) is 33.6 Å². The summed E-state index contributed by atoms with van der Waals surface area (Å²) in [4.78, 5) is 7.41. The summed E-state index contributed by atoms with van der Waals surface area (Å²) >= 11 is 7.14. The smallest absolute Gasteiger partial charge is 0.103 e. The van der Waals surface area contributed by atoms with Crippen molar-refractivity contribution in [3.8, 4) is 0 Å². The van der Waals surface area contributed by atoms with E-state index < -0.39 is 0 Å². The third-order valence-corrected chi connectivity index (χ3v) is 6.60. The highest BCUT2D eigenvalue weighted by atomic mass is 79.9. The molecule has 1 heterocycles. The number of benzene rings is 1. The lowest BCUT2D eigenvalue weighted by Crippen LogP contribution is -2.28. The highest BCUT2D eigenvalue weighted by Crippen LogP contribution is 2.42. The van der Waals surface area contributed by atoms with Crippen LogP contribution in [0.5, 0.6) is 0 Å². The number of hydrogen-bond acceptors (Lipinski definition) is 4. The van der Waals surface area contributed by atoms with Crippen molar-refractivity contribution in [2.24, 2.45) is 11.1 Å². The minimum Gasteiger partial charge on any atom is -0.323 e. The second-order valence-electron chi connectivity index (χ2n) is 6.32. The molecule has 1 atom stereocenters. The normalized spacial score (nSPS) is 20.3. The van der Waals surface area contributed by atoms with Gasteiger partial charge in [-0.15, -0.1) is 23.1 Å². The lowest BCUT2D eigenvalue weighted by atomic mass is 9.77. The molecule has 1 aliphatic carbocycles. The van der Waals surface area contributed by atoms with Crippen LogP contribution in [0.2, 0.25) is 0 Å². The van der Waals surface area contributed by atoms with Gasteiger partial charge in [-0.2, -0.15) is 0 Å². The first-order valence-electron chi connectivity index (χ1n) is 7.05. The van der Waals surface area contributed by atoms with Crippen LogP contribution in [0.25, 0.3) is 0 Å². The summed E-state index contributed by atoms with van der Waals surface area (Å²) in [5.41, 5.74) is 7.82. The Hall–Kier alpha value is -0.360. The van der Waals surface area contributed by atoms with Crippen LogP contribution in [-0.4, -0.2) is 4.98 Å². The highest BCUT2D eigenvalue weighted by molar-refractivity contribution is 9.10. The Morgan fingerprint density at radius 1 is 1.48 bits per heavy atom. The van der Waals surface area contributed by atoms with Crippen LogP contribution in [0.1, 0.15) is 41.9 Å². The Balaban J connectivity index is 1.73. The van der Waals surface area contributed by atoms with Crippen molar-refractivity contribution in [2.75, 3.05) is 0 Å². The summed E-state index contributed by atoms with van der Waals surface area (Å²) in [5.74, 6) is 0.918. The summed E-state index contributed by atoms with van der Waals surface area (Å²) in [6.07, 6.45) is 2.11. The van der Waals surface area contributed by atoms with Crippen LogP contribution in [0.3, 0.4) is 0 Å². The summed E-state index contributed by atoms with van der Waals surface area (Å²) in [6.45, 7) is 4.57. The first-order valence-corrected chi connectivity index (χ1v) is 9.65. The standard InChI is InChI=1S/C16H19BrN2S2/c1-16(2)7-12(18)15-13(8-16)19-14(21-15)9-20-11-5-3-4-10(17)6-11/h3-6,12H,7-9,18H2,1-2H3. The minimum atomic E-state index is 0.158. The quantitative estimate of drug-likeness (QED) is 0.743. The van der Waals surface area contributed by atoms with Crippen molar-refractivity contribution in [1.29, 1.82) is 0 Å². The lowest BCUT2D eigenvalue weighted by molar-refractivity contribution is 0.282. The number of hydrogen-bond donors (Lipinski definition) is 1. The van der Waals surface area contributed by atoms with Gasteiger partial charge in [-0.05, 0) is 36.5 Å². The van der Waals surface area contributed by atoms with E-state index in [0.29, 0.717) is 0 Å². The minimum absolute atomic E-state index is 0.158. The van der Waals surface area contributed by atoms with E-state index in [4.69, 9.17) is 10.7 Å². The van der Waals surface area contributed by atoms with E-state index in [-0.39, 0.29) is 11.5 Å². The highest BCUT2D eigenvalue weighted by Gasteiger charge is 2.33. The fourth-order valence-corrected chi connectivity index (χ4v) is 5.39. The van der Waals surface area contributed by atoms with Crippen molar-refractivity contribution in [3.63, 3.8) is 0 Å². The van der Waals surface area contributed by atoms with Gasteiger partial charge in [0.1, 0.15) is 5.01 Å². The number of nitrogens with two attached hydrogens (primary N) is 1. The molecule has 3 rings (SSSR count). The van der Waals surface area contributed by atoms with Crippen LogP contribution >= 0.6 is 39.0 Å². The molecule has 112 valence electrons. The molecule has 0 spiro atoms. The summed E-state index contributed by atoms with van der Waals surface area (Å²) in [6, 6.07) is 8.56. The molecule has 21 heavy (non-hydrogen) atoms. The summed E-state index contributed by atoms with van der Waals surface area (Å²) in [5, 5.41) is 1.19. The van der Waals surface area contributed by atoms with Gasteiger partial charge in [0.2, 0.25) is 0 Å². The van der Waals surface area contributed by atoms with Crippen molar-refractivity contribution >= 4 is 39.0 Å². The zero-order chi connectivity index (χ0) is 15.0. The second kappa shape index (κ2) is 6.03. The number of thiazole rings is 1. The fraction of sp³-hybridized carbons (Fsp3) is 0.438. The van der Waals surface area contributed by atoms with Gasteiger partial charge in [0.15, 0.2) is 0 Å². The maximum Gasteiger partial charge on any atom is 0.103 e. The second-order valence-corrected chi connectivity index (χ2v) is 9.40. The molecule has 5 heteroatoms. The van der Waals surface area contributed by atoms with Gasteiger partial charge in [-0.25, -0.2) is 4.98 Å². The molecule has 0 radical (unpaired) electrons. The predicted octanol–water partition coefficient (Wildman–Crippen LogP) is 5.17. The average molecular weight is 383 g/mol. The maximum atomic E-state index is 6.32. The largest absolute Gasteiger partial charge is 0.323 e. The molecular weight excluding hydrogens is 364 g/mol. The third kappa shape index (κ3) is 3.70. The van der Waals surface area contributed by atoms with Gasteiger partial charge in [0.25, 0.3) is 0 Å². The number of halogens is 1. The van der Waals surface area contributed by atoms with E-state index in [1.807, 2.05) is 17.8 Å². The molecular formula is C16H19BrN2S2. The topological polar surface area (TPSA) is 38.9 Å². The molecule has 1 aliphatic rings. The molecule has 0 fully saturated rings. The van der Waals surface area contributed by atoms with Gasteiger partial charge in [0.05, 0.1) is 11.4 Å². The SMILES string of the molecule is CC1(C)Cc2nc(CSc3cccc(Br)c3)sc2C(N)C1. The Morgan fingerprint density at radius 3 is 3.05 bits per heavy atom. The number of nitrogens with zero attached hydrogens (tertiary/aromatic N) is 1. The summed E-state index contributed by atoms with van der Waals surface area (Å²) < 4.78 is 1.12. The van der Waals surface area contributed by atoms with Gasteiger partial charge in [-0.3, -0.25) is 0 Å². The van der Waals surface area contributed by atoms with Gasteiger partial charge >= 0.3 is 0 Å². The van der Waals surface area contributed by atoms with Crippen molar-refractivity contribution in [1.82, 2.24) is 4.98 Å². The molecule has 0 saturated heterocycles. The molecule has 1 aromatic carbocycles. The molecule has 2 nitrogen and oxygen atoms in total. The van der Waals surface area contributed by atoms with E-state index in [1.165, 1.54) is 20.5 Å². The lowest BCUT2D eigenvalue weighted by Gasteiger charge is -2.32. The molecule has 2 aromatic rings. The first-order chi connectivity index (χ1) is 9.93. The Bertz CT molecular complexity index is 651. The summed E-state index contributed by atoms with van der Waals surface area (Å²) in [7, 11) is 0. The molecule has 0 saturated carbocycles. The van der Waals surface area contributed by atoms with Crippen molar-refractivity contribution in [2.45, 2.75) is 43.4 Å². The van der Waals surface area contributed by atoms with Crippen molar-refractivity contribution < 1.29 is 0 Å². The van der Waals surface area contributed by atoms with Crippen LogP contribution in [0.4, 0.5) is 0 Å². The van der Waals surface area contributed by atoms with Gasteiger partial charge in [0, 0.05) is 20.3 Å². The van der Waals surface area contributed by atoms with Crippen LogP contribution < -0.4 is 5.73 Å². The van der Waals surface area contributed by atoms with Crippen LogP contribution in [-0.2, 0) is 12.2 Å². The first kappa shape index (κ1) is 15.5. The van der Waals surface area contributed by atoms with E-state index >= 15 is 0 Å². The van der Waals surface area contributed by atoms with Gasteiger partial charge in [-0.1, -0.05) is 35.8 Å². The Labute approximate surface area is 142 Å². The number of thioether (sulfide) groups is 1. The zero-order valence-electron chi connectivity index (χ0n) is 12.2. The molecule has 1 unspecified atom stereocenters. The maximum absolute atomic E-state index is 6.32. The van der Waals surface area contributed by atoms with E-state index in [2.05, 4.69) is 48.0 Å². The molecule has 0 amide bonds. The molecule has 0 aliphatic heterocycles. The molecule has 2 N–H and O–H groups in total. The number of fused-ring (bicyclic) bond motifs is 1. The van der Waals surface area contributed by atoms with Crippen molar-refractivity contribution in [3.05, 3.63) is 44.3 Å². The molecule has 1 aromatic heterocycles.